The lowest BCUT2D eigenvalue weighted by Gasteiger charge is -2.30. The number of ether oxygens (including phenoxy) is 5. The van der Waals surface area contributed by atoms with Gasteiger partial charge < -0.3 is 23.7 Å². The third-order valence-corrected chi connectivity index (χ3v) is 3.45. The number of hydrogen-bond donors (Lipinski definition) is 0. The molecule has 1 spiro atoms. The Kier molecular flexibility index (Phi) is 2.25. The molecule has 1 unspecified atom stereocenters. The standard InChI is InChI=1S/C12H20O5/c1-7-8-9(16-11(4,5)15-8)12(14-7)6-13-10(2,3)17-12/h7-9H,6H2,1-5H3/t7-,8-,9-,12?/m0/s1. The minimum absolute atomic E-state index is 0.0562. The first-order chi connectivity index (χ1) is 7.73. The van der Waals surface area contributed by atoms with Crippen molar-refractivity contribution in [3.8, 4) is 0 Å². The Morgan fingerprint density at radius 2 is 1.65 bits per heavy atom. The smallest absolute Gasteiger partial charge is 0.224 e. The van der Waals surface area contributed by atoms with Crippen molar-refractivity contribution in [3.05, 3.63) is 0 Å². The zero-order chi connectivity index (χ0) is 12.5. The molecule has 5 heteroatoms. The summed E-state index contributed by atoms with van der Waals surface area (Å²) in [7, 11) is 0. The molecular weight excluding hydrogens is 224 g/mol. The summed E-state index contributed by atoms with van der Waals surface area (Å²) in [6, 6.07) is 0. The lowest BCUT2D eigenvalue weighted by molar-refractivity contribution is -0.294. The Balaban J connectivity index is 1.89. The quantitative estimate of drug-likeness (QED) is 0.644. The summed E-state index contributed by atoms with van der Waals surface area (Å²) in [5, 5.41) is 0. The Labute approximate surface area is 101 Å². The fourth-order valence-corrected chi connectivity index (χ4v) is 2.87. The van der Waals surface area contributed by atoms with Crippen molar-refractivity contribution < 1.29 is 23.7 Å². The van der Waals surface area contributed by atoms with Gasteiger partial charge in [0, 0.05) is 0 Å². The molecule has 0 bridgehead atoms. The second-order valence-corrected chi connectivity index (χ2v) is 5.95. The Bertz CT molecular complexity index is 340. The van der Waals surface area contributed by atoms with Crippen LogP contribution < -0.4 is 0 Å². The van der Waals surface area contributed by atoms with Crippen molar-refractivity contribution in [1.82, 2.24) is 0 Å². The van der Waals surface area contributed by atoms with E-state index in [0.717, 1.165) is 0 Å². The number of fused-ring (bicyclic) bond motifs is 2. The minimum Gasteiger partial charge on any atom is -0.345 e. The van der Waals surface area contributed by atoms with Gasteiger partial charge in [-0.3, -0.25) is 0 Å². The van der Waals surface area contributed by atoms with Gasteiger partial charge in [-0.25, -0.2) is 0 Å². The highest BCUT2D eigenvalue weighted by Crippen LogP contribution is 2.49. The van der Waals surface area contributed by atoms with Crippen LogP contribution in [0, 0.1) is 0 Å². The zero-order valence-corrected chi connectivity index (χ0v) is 11.0. The summed E-state index contributed by atoms with van der Waals surface area (Å²) < 4.78 is 29.2. The predicted molar refractivity (Wildman–Crippen MR) is 58.2 cm³/mol. The van der Waals surface area contributed by atoms with Crippen LogP contribution in [-0.4, -0.2) is 42.3 Å². The Morgan fingerprint density at radius 3 is 2.24 bits per heavy atom. The van der Waals surface area contributed by atoms with Gasteiger partial charge in [-0.1, -0.05) is 0 Å². The average molecular weight is 244 g/mol. The predicted octanol–water partition coefficient (Wildman–Crippen LogP) is 1.40. The number of hydrogen-bond acceptors (Lipinski definition) is 5. The van der Waals surface area contributed by atoms with Gasteiger partial charge in [-0.15, -0.1) is 0 Å². The molecule has 4 atom stereocenters. The third-order valence-electron chi connectivity index (χ3n) is 3.45. The van der Waals surface area contributed by atoms with Gasteiger partial charge >= 0.3 is 0 Å². The largest absolute Gasteiger partial charge is 0.345 e. The van der Waals surface area contributed by atoms with Crippen LogP contribution in [0.5, 0.6) is 0 Å². The third kappa shape index (κ3) is 1.72. The van der Waals surface area contributed by atoms with Crippen molar-refractivity contribution in [3.63, 3.8) is 0 Å². The molecule has 0 amide bonds. The Morgan fingerprint density at radius 1 is 0.941 bits per heavy atom. The van der Waals surface area contributed by atoms with Crippen molar-refractivity contribution in [1.29, 1.82) is 0 Å². The van der Waals surface area contributed by atoms with Gasteiger partial charge in [0.25, 0.3) is 0 Å². The van der Waals surface area contributed by atoms with E-state index in [4.69, 9.17) is 23.7 Å². The molecule has 5 nitrogen and oxygen atoms in total. The summed E-state index contributed by atoms with van der Waals surface area (Å²) in [5.74, 6) is -2.04. The first-order valence-electron chi connectivity index (χ1n) is 6.11. The Hall–Kier alpha value is -0.200. The van der Waals surface area contributed by atoms with Gasteiger partial charge in [0.15, 0.2) is 11.6 Å². The fraction of sp³-hybridized carbons (Fsp3) is 1.00. The van der Waals surface area contributed by atoms with Crippen LogP contribution in [0.15, 0.2) is 0 Å². The van der Waals surface area contributed by atoms with E-state index in [2.05, 4.69) is 0 Å². The second kappa shape index (κ2) is 3.22. The van der Waals surface area contributed by atoms with Gasteiger partial charge in [-0.05, 0) is 34.6 Å². The van der Waals surface area contributed by atoms with E-state index >= 15 is 0 Å². The molecule has 17 heavy (non-hydrogen) atoms. The van der Waals surface area contributed by atoms with Gasteiger partial charge in [-0.2, -0.15) is 0 Å². The molecule has 0 aliphatic carbocycles. The summed E-state index contributed by atoms with van der Waals surface area (Å²) in [6.07, 6.45) is -0.379. The molecule has 3 heterocycles. The lowest BCUT2D eigenvalue weighted by atomic mass is 10.1. The lowest BCUT2D eigenvalue weighted by Crippen LogP contribution is -2.46. The summed E-state index contributed by atoms with van der Waals surface area (Å²) in [4.78, 5) is 0. The summed E-state index contributed by atoms with van der Waals surface area (Å²) in [5.41, 5.74) is 0. The van der Waals surface area contributed by atoms with E-state index in [1.165, 1.54) is 0 Å². The molecule has 98 valence electrons. The number of rotatable bonds is 0. The first kappa shape index (κ1) is 11.9. The van der Waals surface area contributed by atoms with E-state index in [9.17, 15) is 0 Å². The normalized spacial score (nSPS) is 51.0. The van der Waals surface area contributed by atoms with Crippen LogP contribution in [0.25, 0.3) is 0 Å². The molecule has 3 aliphatic rings. The SMILES string of the molecule is C[C@@H]1OC2(COC(C)(C)O2)[C@H]2OC(C)(C)O[C@@H]12. The molecule has 3 saturated heterocycles. The van der Waals surface area contributed by atoms with Gasteiger partial charge in [0.05, 0.1) is 6.10 Å². The van der Waals surface area contributed by atoms with Crippen LogP contribution in [0.3, 0.4) is 0 Å². The summed E-state index contributed by atoms with van der Waals surface area (Å²) in [6.45, 7) is 9.93. The van der Waals surface area contributed by atoms with Crippen LogP contribution in [-0.2, 0) is 23.7 Å². The van der Waals surface area contributed by atoms with E-state index in [-0.39, 0.29) is 18.3 Å². The van der Waals surface area contributed by atoms with Crippen molar-refractivity contribution >= 4 is 0 Å². The van der Waals surface area contributed by atoms with Crippen molar-refractivity contribution in [2.45, 2.75) is 70.3 Å². The van der Waals surface area contributed by atoms with Crippen molar-refractivity contribution in [2.24, 2.45) is 0 Å². The minimum atomic E-state index is -0.818. The van der Waals surface area contributed by atoms with E-state index in [1.54, 1.807) is 0 Å². The fourth-order valence-electron chi connectivity index (χ4n) is 2.87. The second-order valence-electron chi connectivity index (χ2n) is 5.95. The zero-order valence-electron chi connectivity index (χ0n) is 11.0. The molecular formula is C12H20O5. The molecule has 0 aromatic heterocycles. The van der Waals surface area contributed by atoms with E-state index < -0.39 is 17.4 Å². The molecule has 3 rings (SSSR count). The van der Waals surface area contributed by atoms with Crippen LogP contribution in [0.1, 0.15) is 34.6 Å². The molecule has 3 aliphatic heterocycles. The monoisotopic (exact) mass is 244 g/mol. The maximum atomic E-state index is 5.93. The maximum absolute atomic E-state index is 5.93. The molecule has 0 N–H and O–H groups in total. The van der Waals surface area contributed by atoms with Crippen molar-refractivity contribution in [2.75, 3.05) is 6.61 Å². The molecule has 0 aromatic rings. The maximum Gasteiger partial charge on any atom is 0.224 e. The first-order valence-corrected chi connectivity index (χ1v) is 6.11. The molecule has 0 aromatic carbocycles. The molecule has 3 fully saturated rings. The highest BCUT2D eigenvalue weighted by molar-refractivity contribution is 5.04. The van der Waals surface area contributed by atoms with Crippen LogP contribution in [0.2, 0.25) is 0 Å². The topological polar surface area (TPSA) is 46.2 Å². The van der Waals surface area contributed by atoms with E-state index in [0.29, 0.717) is 6.61 Å². The van der Waals surface area contributed by atoms with Crippen LogP contribution >= 0.6 is 0 Å². The average Bonchev–Trinajstić information content (AvgIpc) is 2.71. The summed E-state index contributed by atoms with van der Waals surface area (Å²) >= 11 is 0. The van der Waals surface area contributed by atoms with Crippen LogP contribution in [0.4, 0.5) is 0 Å². The van der Waals surface area contributed by atoms with E-state index in [1.807, 2.05) is 34.6 Å². The van der Waals surface area contributed by atoms with Gasteiger partial charge in [0.2, 0.25) is 5.79 Å². The molecule has 0 radical (unpaired) electrons. The highest BCUT2D eigenvalue weighted by Gasteiger charge is 2.66. The highest BCUT2D eigenvalue weighted by atomic mass is 16.9. The molecule has 0 saturated carbocycles. The van der Waals surface area contributed by atoms with Gasteiger partial charge in [0.1, 0.15) is 18.8 Å².